The molecule has 0 aliphatic carbocycles. The summed E-state index contributed by atoms with van der Waals surface area (Å²) in [5, 5.41) is 16.3. The van der Waals surface area contributed by atoms with Gasteiger partial charge in [-0.3, -0.25) is 0 Å². The summed E-state index contributed by atoms with van der Waals surface area (Å²) in [6, 6.07) is 13.6. The van der Waals surface area contributed by atoms with Gasteiger partial charge < -0.3 is 9.80 Å². The molecule has 0 amide bonds. The summed E-state index contributed by atoms with van der Waals surface area (Å²) in [5.41, 5.74) is 2.23. The van der Waals surface area contributed by atoms with E-state index in [2.05, 4.69) is 29.0 Å². The van der Waals surface area contributed by atoms with Crippen molar-refractivity contribution < 1.29 is 8.42 Å². The van der Waals surface area contributed by atoms with Gasteiger partial charge in [-0.2, -0.15) is 5.26 Å². The van der Waals surface area contributed by atoms with Crippen molar-refractivity contribution in [2.24, 2.45) is 5.14 Å². The first-order chi connectivity index (χ1) is 12.3. The zero-order valence-electron chi connectivity index (χ0n) is 14.9. The fraction of sp³-hybridized carbons (Fsp3) is 0.316. The molecule has 2 N–H and O–H groups in total. The quantitative estimate of drug-likeness (QED) is 0.836. The number of hydrogen-bond acceptors (Lipinski definition) is 5. The van der Waals surface area contributed by atoms with E-state index >= 15 is 0 Å². The lowest BCUT2D eigenvalue weighted by Crippen LogP contribution is -2.44. The van der Waals surface area contributed by atoms with Gasteiger partial charge in [-0.1, -0.05) is 18.2 Å². The number of allylic oxidation sites excluding steroid dienone is 2. The molecule has 0 spiro atoms. The standard InChI is InChI=1S/C19H22N4O2S/c1-14(19(13-20)26(21,24)25)15-3-4-17-12-18(6-5-16(17)11-15)23-9-7-22(2)8-10-23/h3-6,11-12H,7-10H2,1-2H3,(H2,21,24,25)/b19-14+. The molecule has 26 heavy (non-hydrogen) atoms. The van der Waals surface area contributed by atoms with Crippen LogP contribution in [0.15, 0.2) is 41.3 Å². The second kappa shape index (κ2) is 7.08. The molecule has 7 heteroatoms. The van der Waals surface area contributed by atoms with E-state index in [1.807, 2.05) is 24.3 Å². The molecular weight excluding hydrogens is 348 g/mol. The van der Waals surface area contributed by atoms with Gasteiger partial charge in [0.1, 0.15) is 6.07 Å². The summed E-state index contributed by atoms with van der Waals surface area (Å²) in [4.78, 5) is 4.29. The summed E-state index contributed by atoms with van der Waals surface area (Å²) < 4.78 is 23.1. The Hall–Kier alpha value is -2.40. The Morgan fingerprint density at radius 3 is 2.31 bits per heavy atom. The number of nitrogens with zero attached hydrogens (tertiary/aromatic N) is 3. The average Bonchev–Trinajstić information content (AvgIpc) is 2.60. The summed E-state index contributed by atoms with van der Waals surface area (Å²) in [5.74, 6) is 0. The van der Waals surface area contributed by atoms with Gasteiger partial charge in [-0.05, 0) is 54.1 Å². The largest absolute Gasteiger partial charge is 0.369 e. The van der Waals surface area contributed by atoms with Crippen molar-refractivity contribution in [2.45, 2.75) is 6.92 Å². The van der Waals surface area contributed by atoms with Crippen LogP contribution in [0.5, 0.6) is 0 Å². The molecule has 0 unspecified atom stereocenters. The molecule has 6 nitrogen and oxygen atoms in total. The third-order valence-corrected chi connectivity index (χ3v) is 5.82. The smallest absolute Gasteiger partial charge is 0.248 e. The fourth-order valence-electron chi connectivity index (χ4n) is 3.22. The minimum atomic E-state index is -4.03. The molecule has 2 aromatic carbocycles. The predicted molar refractivity (Wildman–Crippen MR) is 105 cm³/mol. The number of nitrogens with two attached hydrogens (primary N) is 1. The van der Waals surface area contributed by atoms with Gasteiger partial charge in [0.05, 0.1) is 0 Å². The highest BCUT2D eigenvalue weighted by Crippen LogP contribution is 2.28. The zero-order valence-corrected chi connectivity index (χ0v) is 15.8. The molecule has 136 valence electrons. The van der Waals surface area contributed by atoms with Crippen LogP contribution in [0.3, 0.4) is 0 Å². The third kappa shape index (κ3) is 3.73. The second-order valence-corrected chi connectivity index (χ2v) is 8.15. The number of likely N-dealkylation sites (N-methyl/N-ethyl adjacent to an activating group) is 1. The maximum absolute atomic E-state index is 11.6. The molecule has 1 aliphatic rings. The Kier molecular flexibility index (Phi) is 5.01. The van der Waals surface area contributed by atoms with E-state index in [0.717, 1.165) is 37.0 Å². The summed E-state index contributed by atoms with van der Waals surface area (Å²) in [6.07, 6.45) is 0. The van der Waals surface area contributed by atoms with E-state index in [1.54, 1.807) is 13.0 Å². The molecule has 0 atom stereocenters. The number of hydrogen-bond donors (Lipinski definition) is 1. The number of nitriles is 1. The Labute approximate surface area is 154 Å². The van der Waals surface area contributed by atoms with E-state index in [-0.39, 0.29) is 0 Å². The molecule has 1 aliphatic heterocycles. The van der Waals surface area contributed by atoms with Crippen LogP contribution in [0.1, 0.15) is 12.5 Å². The van der Waals surface area contributed by atoms with Crippen molar-refractivity contribution in [3.05, 3.63) is 46.9 Å². The van der Waals surface area contributed by atoms with Crippen molar-refractivity contribution >= 4 is 32.1 Å². The van der Waals surface area contributed by atoms with Crippen molar-refractivity contribution in [1.82, 2.24) is 4.90 Å². The van der Waals surface area contributed by atoms with E-state index in [1.165, 1.54) is 5.69 Å². The number of fused-ring (bicyclic) bond motifs is 1. The number of sulfonamides is 1. The van der Waals surface area contributed by atoms with Gasteiger partial charge in [-0.15, -0.1) is 0 Å². The molecule has 0 bridgehead atoms. The molecule has 2 aromatic rings. The van der Waals surface area contributed by atoms with Gasteiger partial charge in [-0.25, -0.2) is 13.6 Å². The zero-order chi connectivity index (χ0) is 18.9. The summed E-state index contributed by atoms with van der Waals surface area (Å²) in [7, 11) is -1.90. The van der Waals surface area contributed by atoms with Crippen LogP contribution in [0.25, 0.3) is 16.3 Å². The number of anilines is 1. The topological polar surface area (TPSA) is 90.4 Å². The van der Waals surface area contributed by atoms with Crippen LogP contribution >= 0.6 is 0 Å². The first-order valence-corrected chi connectivity index (χ1v) is 9.95. The molecule has 0 saturated carbocycles. The number of rotatable bonds is 3. The second-order valence-electron chi connectivity index (χ2n) is 6.65. The van der Waals surface area contributed by atoms with Gasteiger partial charge in [0.2, 0.25) is 10.0 Å². The highest BCUT2D eigenvalue weighted by atomic mass is 32.2. The van der Waals surface area contributed by atoms with Crippen LogP contribution in [0.4, 0.5) is 5.69 Å². The fourth-order valence-corrected chi connectivity index (χ4v) is 3.89. The lowest BCUT2D eigenvalue weighted by atomic mass is 10.0. The normalized spacial score (nSPS) is 17.1. The monoisotopic (exact) mass is 370 g/mol. The van der Waals surface area contributed by atoms with Crippen molar-refractivity contribution in [1.29, 1.82) is 5.26 Å². The van der Waals surface area contributed by atoms with E-state index in [0.29, 0.717) is 11.1 Å². The van der Waals surface area contributed by atoms with E-state index in [4.69, 9.17) is 10.4 Å². The Morgan fingerprint density at radius 2 is 1.69 bits per heavy atom. The van der Waals surface area contributed by atoms with Gasteiger partial charge in [0.15, 0.2) is 4.91 Å². The minimum Gasteiger partial charge on any atom is -0.369 e. The lowest BCUT2D eigenvalue weighted by molar-refractivity contribution is 0.313. The van der Waals surface area contributed by atoms with Crippen molar-refractivity contribution in [2.75, 3.05) is 38.1 Å². The van der Waals surface area contributed by atoms with Gasteiger partial charge in [0.25, 0.3) is 0 Å². The van der Waals surface area contributed by atoms with E-state index < -0.39 is 14.9 Å². The minimum absolute atomic E-state index is 0.361. The van der Waals surface area contributed by atoms with Crippen LogP contribution in [-0.4, -0.2) is 46.5 Å². The predicted octanol–water partition coefficient (Wildman–Crippen LogP) is 2.13. The third-order valence-electron chi connectivity index (χ3n) is 4.85. The molecule has 1 fully saturated rings. The SMILES string of the molecule is C/C(=C(/C#N)S(N)(=O)=O)c1ccc2cc(N3CCN(C)CC3)ccc2c1. The number of benzene rings is 2. The Bertz CT molecular complexity index is 1010. The maximum atomic E-state index is 11.6. The van der Waals surface area contributed by atoms with Crippen molar-refractivity contribution in [3.8, 4) is 6.07 Å². The van der Waals surface area contributed by atoms with Crippen LogP contribution in [0.2, 0.25) is 0 Å². The molecule has 3 rings (SSSR count). The van der Waals surface area contributed by atoms with Crippen LogP contribution in [0, 0.1) is 11.3 Å². The first kappa shape index (κ1) is 18.4. The van der Waals surface area contributed by atoms with Crippen LogP contribution < -0.4 is 10.0 Å². The van der Waals surface area contributed by atoms with E-state index in [9.17, 15) is 8.42 Å². The van der Waals surface area contributed by atoms with Crippen LogP contribution in [-0.2, 0) is 10.0 Å². The van der Waals surface area contributed by atoms with Gasteiger partial charge in [0, 0.05) is 31.9 Å². The molecule has 0 radical (unpaired) electrons. The maximum Gasteiger partial charge on any atom is 0.248 e. The highest BCUT2D eigenvalue weighted by Gasteiger charge is 2.17. The molecule has 1 heterocycles. The molecular formula is C19H22N4O2S. The summed E-state index contributed by atoms with van der Waals surface area (Å²) in [6.45, 7) is 5.70. The highest BCUT2D eigenvalue weighted by molar-refractivity contribution is 7.93. The first-order valence-electron chi connectivity index (χ1n) is 8.41. The van der Waals surface area contributed by atoms with Gasteiger partial charge >= 0.3 is 0 Å². The molecule has 0 aromatic heterocycles. The number of piperazine rings is 1. The average molecular weight is 370 g/mol. The Morgan fingerprint density at radius 1 is 1.08 bits per heavy atom. The lowest BCUT2D eigenvalue weighted by Gasteiger charge is -2.34. The van der Waals surface area contributed by atoms with Crippen molar-refractivity contribution in [3.63, 3.8) is 0 Å². The summed E-state index contributed by atoms with van der Waals surface area (Å²) >= 11 is 0. The Balaban J connectivity index is 1.97. The molecule has 1 saturated heterocycles. The number of primary sulfonamides is 1.